The highest BCUT2D eigenvalue weighted by Crippen LogP contribution is 2.23. The molecule has 0 aliphatic heterocycles. The van der Waals surface area contributed by atoms with Crippen LogP contribution < -0.4 is 10.1 Å². The number of rotatable bonds is 9. The van der Waals surface area contributed by atoms with Gasteiger partial charge in [-0.2, -0.15) is 0 Å². The highest BCUT2D eigenvalue weighted by molar-refractivity contribution is 9.10. The van der Waals surface area contributed by atoms with E-state index < -0.39 is 0 Å². The number of halogens is 1. The molecule has 0 spiro atoms. The quantitative estimate of drug-likeness (QED) is 0.561. The zero-order chi connectivity index (χ0) is 18.2. The molecule has 136 valence electrons. The maximum absolute atomic E-state index is 6.10. The fourth-order valence-electron chi connectivity index (χ4n) is 2.66. The molecule has 0 saturated carbocycles. The first kappa shape index (κ1) is 19.7. The molecule has 1 heterocycles. The maximum atomic E-state index is 6.10. The number of ether oxygens (including phenoxy) is 1. The van der Waals surface area contributed by atoms with E-state index >= 15 is 0 Å². The Balaban J connectivity index is 1.89. The Bertz CT molecular complexity index is 691. The lowest BCUT2D eigenvalue weighted by atomic mass is 10.0. The summed E-state index contributed by atoms with van der Waals surface area (Å²) in [6, 6.07) is 6.52. The van der Waals surface area contributed by atoms with Crippen molar-refractivity contribution < 1.29 is 4.74 Å². The predicted molar refractivity (Wildman–Crippen MR) is 107 cm³/mol. The third-order valence-corrected chi connectivity index (χ3v) is 5.11. The molecule has 0 aliphatic rings. The SMILES string of the molecule is CCCCCc1ccc(OC(C)CNc2ncnc(C)c2Br)c(C)c1. The van der Waals surface area contributed by atoms with Crippen LogP contribution in [0.2, 0.25) is 0 Å². The Hall–Kier alpha value is -1.62. The molecule has 1 aromatic heterocycles. The summed E-state index contributed by atoms with van der Waals surface area (Å²) < 4.78 is 6.99. The smallest absolute Gasteiger partial charge is 0.144 e. The number of nitrogens with zero attached hydrogens (tertiary/aromatic N) is 2. The molecular formula is C20H28BrN3O. The molecule has 2 rings (SSSR count). The van der Waals surface area contributed by atoms with Crippen molar-refractivity contribution in [1.82, 2.24) is 9.97 Å². The minimum Gasteiger partial charge on any atom is -0.489 e. The van der Waals surface area contributed by atoms with Crippen molar-refractivity contribution in [1.29, 1.82) is 0 Å². The first-order chi connectivity index (χ1) is 12.0. The number of hydrogen-bond donors (Lipinski definition) is 1. The van der Waals surface area contributed by atoms with Gasteiger partial charge in [0.2, 0.25) is 0 Å². The lowest BCUT2D eigenvalue weighted by molar-refractivity contribution is 0.233. The topological polar surface area (TPSA) is 47.0 Å². The van der Waals surface area contributed by atoms with E-state index in [1.807, 2.05) is 6.92 Å². The normalized spacial score (nSPS) is 12.0. The molecule has 1 atom stereocenters. The highest BCUT2D eigenvalue weighted by Gasteiger charge is 2.10. The van der Waals surface area contributed by atoms with Crippen molar-refractivity contribution in [2.24, 2.45) is 0 Å². The lowest BCUT2D eigenvalue weighted by Crippen LogP contribution is -2.23. The van der Waals surface area contributed by atoms with Crippen LogP contribution in [-0.4, -0.2) is 22.6 Å². The van der Waals surface area contributed by atoms with Gasteiger partial charge in [0.05, 0.1) is 16.7 Å². The molecule has 0 radical (unpaired) electrons. The van der Waals surface area contributed by atoms with Gasteiger partial charge in [-0.25, -0.2) is 9.97 Å². The Morgan fingerprint density at radius 2 is 2.00 bits per heavy atom. The van der Waals surface area contributed by atoms with Gasteiger partial charge in [-0.1, -0.05) is 31.9 Å². The van der Waals surface area contributed by atoms with Crippen molar-refractivity contribution in [3.05, 3.63) is 45.8 Å². The summed E-state index contributed by atoms with van der Waals surface area (Å²) in [5.74, 6) is 1.75. The summed E-state index contributed by atoms with van der Waals surface area (Å²) in [7, 11) is 0. The van der Waals surface area contributed by atoms with Gasteiger partial charge < -0.3 is 10.1 Å². The monoisotopic (exact) mass is 405 g/mol. The van der Waals surface area contributed by atoms with E-state index in [-0.39, 0.29) is 6.10 Å². The van der Waals surface area contributed by atoms with Crippen molar-refractivity contribution in [3.63, 3.8) is 0 Å². The summed E-state index contributed by atoms with van der Waals surface area (Å²) in [4.78, 5) is 8.41. The van der Waals surface area contributed by atoms with E-state index in [1.54, 1.807) is 6.33 Å². The van der Waals surface area contributed by atoms with E-state index in [0.717, 1.165) is 28.2 Å². The Kier molecular flexibility index (Phi) is 7.69. The summed E-state index contributed by atoms with van der Waals surface area (Å²) in [6.45, 7) is 9.03. The van der Waals surface area contributed by atoms with Gasteiger partial charge in [0, 0.05) is 0 Å². The van der Waals surface area contributed by atoms with Crippen LogP contribution >= 0.6 is 15.9 Å². The van der Waals surface area contributed by atoms with Gasteiger partial charge in [-0.3, -0.25) is 0 Å². The van der Waals surface area contributed by atoms with Gasteiger partial charge in [-0.15, -0.1) is 0 Å². The largest absolute Gasteiger partial charge is 0.489 e. The molecule has 5 heteroatoms. The summed E-state index contributed by atoms with van der Waals surface area (Å²) in [5.41, 5.74) is 3.50. The molecule has 2 aromatic rings. The van der Waals surface area contributed by atoms with Crippen molar-refractivity contribution in [2.45, 2.75) is 59.5 Å². The Morgan fingerprint density at radius 1 is 1.20 bits per heavy atom. The summed E-state index contributed by atoms with van der Waals surface area (Å²) >= 11 is 3.51. The van der Waals surface area contributed by atoms with E-state index in [0.29, 0.717) is 6.54 Å². The molecular weight excluding hydrogens is 378 g/mol. The standard InChI is InChI=1S/C20H28BrN3O/c1-5-6-7-8-17-9-10-18(14(2)11-17)25-15(3)12-22-20-19(21)16(4)23-13-24-20/h9-11,13,15H,5-8,12H2,1-4H3,(H,22,23,24). The van der Waals surface area contributed by atoms with Crippen LogP contribution in [0.3, 0.4) is 0 Å². The number of nitrogens with one attached hydrogen (secondary N) is 1. The lowest BCUT2D eigenvalue weighted by Gasteiger charge is -2.18. The fraction of sp³-hybridized carbons (Fsp3) is 0.500. The van der Waals surface area contributed by atoms with Crippen LogP contribution in [0.4, 0.5) is 5.82 Å². The number of aromatic nitrogens is 2. The number of anilines is 1. The van der Waals surface area contributed by atoms with Gasteiger partial charge in [0.1, 0.15) is 24.0 Å². The molecule has 0 bridgehead atoms. The van der Waals surface area contributed by atoms with E-state index in [2.05, 4.69) is 70.2 Å². The summed E-state index contributed by atoms with van der Waals surface area (Å²) in [6.07, 6.45) is 6.54. The molecule has 0 fully saturated rings. The molecule has 1 aromatic carbocycles. The zero-order valence-electron chi connectivity index (χ0n) is 15.6. The van der Waals surface area contributed by atoms with E-state index in [1.165, 1.54) is 30.4 Å². The second-order valence-corrected chi connectivity index (χ2v) is 7.28. The van der Waals surface area contributed by atoms with Crippen LogP contribution in [-0.2, 0) is 6.42 Å². The zero-order valence-corrected chi connectivity index (χ0v) is 17.2. The van der Waals surface area contributed by atoms with Crippen molar-refractivity contribution in [2.75, 3.05) is 11.9 Å². The minimum absolute atomic E-state index is 0.0341. The van der Waals surface area contributed by atoms with Gasteiger partial charge in [0.15, 0.2) is 0 Å². The van der Waals surface area contributed by atoms with Crippen LogP contribution in [0.25, 0.3) is 0 Å². The average molecular weight is 406 g/mol. The second kappa shape index (κ2) is 9.76. The minimum atomic E-state index is 0.0341. The van der Waals surface area contributed by atoms with Crippen LogP contribution in [0.15, 0.2) is 29.0 Å². The van der Waals surface area contributed by atoms with Crippen molar-refractivity contribution in [3.8, 4) is 5.75 Å². The number of unbranched alkanes of at least 4 members (excludes halogenated alkanes) is 2. The molecule has 4 nitrogen and oxygen atoms in total. The fourth-order valence-corrected chi connectivity index (χ4v) is 3.00. The van der Waals surface area contributed by atoms with E-state index in [9.17, 15) is 0 Å². The van der Waals surface area contributed by atoms with Crippen LogP contribution in [0.5, 0.6) is 5.75 Å². The van der Waals surface area contributed by atoms with E-state index in [4.69, 9.17) is 4.74 Å². The third-order valence-electron chi connectivity index (χ3n) is 4.16. The highest BCUT2D eigenvalue weighted by atomic mass is 79.9. The molecule has 0 amide bonds. The number of aryl methyl sites for hydroxylation is 3. The van der Waals surface area contributed by atoms with Gasteiger partial charge in [-0.05, 0) is 66.7 Å². The van der Waals surface area contributed by atoms with Gasteiger partial charge >= 0.3 is 0 Å². The molecule has 25 heavy (non-hydrogen) atoms. The number of benzene rings is 1. The Morgan fingerprint density at radius 3 is 2.72 bits per heavy atom. The Labute approximate surface area is 159 Å². The van der Waals surface area contributed by atoms with Crippen LogP contribution in [0, 0.1) is 13.8 Å². The molecule has 0 saturated heterocycles. The molecule has 1 N–H and O–H groups in total. The molecule has 0 aliphatic carbocycles. The van der Waals surface area contributed by atoms with Crippen LogP contribution in [0.1, 0.15) is 49.9 Å². The first-order valence-electron chi connectivity index (χ1n) is 8.98. The first-order valence-corrected chi connectivity index (χ1v) is 9.77. The predicted octanol–water partition coefficient (Wildman–Crippen LogP) is 5.47. The average Bonchev–Trinajstić information content (AvgIpc) is 2.59. The van der Waals surface area contributed by atoms with Gasteiger partial charge in [0.25, 0.3) is 0 Å². The second-order valence-electron chi connectivity index (χ2n) is 6.49. The van der Waals surface area contributed by atoms with Crippen molar-refractivity contribution >= 4 is 21.7 Å². The maximum Gasteiger partial charge on any atom is 0.144 e. The number of hydrogen-bond acceptors (Lipinski definition) is 4. The summed E-state index contributed by atoms with van der Waals surface area (Å²) in [5, 5.41) is 3.32. The molecule has 1 unspecified atom stereocenters. The third kappa shape index (κ3) is 5.99.